The molecule has 0 aliphatic carbocycles. The number of fused-ring (bicyclic) bond motifs is 2. The lowest BCUT2D eigenvalue weighted by atomic mass is 9.73. The summed E-state index contributed by atoms with van der Waals surface area (Å²) in [5.74, 6) is 2.21. The van der Waals surface area contributed by atoms with Crippen molar-refractivity contribution in [2.75, 3.05) is 32.8 Å². The Balaban J connectivity index is 1.35. The average molecular weight is 531 g/mol. The molecule has 2 aromatic carbocycles. The third-order valence-electron chi connectivity index (χ3n) is 8.76. The van der Waals surface area contributed by atoms with Crippen molar-refractivity contribution in [3.63, 3.8) is 0 Å². The monoisotopic (exact) mass is 530 g/mol. The van der Waals surface area contributed by atoms with Gasteiger partial charge in [-0.25, -0.2) is 4.98 Å². The van der Waals surface area contributed by atoms with Gasteiger partial charge in [-0.2, -0.15) is 0 Å². The van der Waals surface area contributed by atoms with Crippen molar-refractivity contribution in [3.8, 4) is 5.75 Å². The number of carbonyl (C=O) groups excluding carboxylic acids is 2. The smallest absolute Gasteiger partial charge is 0.223 e. The highest BCUT2D eigenvalue weighted by atomic mass is 16.5. The summed E-state index contributed by atoms with van der Waals surface area (Å²) in [6.07, 6.45) is 7.22. The van der Waals surface area contributed by atoms with Crippen molar-refractivity contribution in [2.45, 2.75) is 71.8 Å². The molecule has 0 bridgehead atoms. The third-order valence-corrected chi connectivity index (χ3v) is 8.76. The molecule has 7 heteroatoms. The van der Waals surface area contributed by atoms with Crippen molar-refractivity contribution < 1.29 is 14.3 Å². The molecular formula is C32H42N4O3. The summed E-state index contributed by atoms with van der Waals surface area (Å²) in [6.45, 7) is 7.94. The number of carbonyl (C=O) groups is 2. The van der Waals surface area contributed by atoms with Gasteiger partial charge in [0.05, 0.1) is 17.6 Å². The molecule has 3 heterocycles. The Hall–Kier alpha value is -3.35. The van der Waals surface area contributed by atoms with Crippen LogP contribution >= 0.6 is 0 Å². The van der Waals surface area contributed by atoms with Crippen LogP contribution in [-0.2, 0) is 29.0 Å². The molecule has 208 valence electrons. The van der Waals surface area contributed by atoms with E-state index in [1.54, 1.807) is 6.92 Å². The number of aromatic nitrogens is 2. The fourth-order valence-corrected chi connectivity index (χ4v) is 6.46. The summed E-state index contributed by atoms with van der Waals surface area (Å²) in [5, 5.41) is 0. The summed E-state index contributed by atoms with van der Waals surface area (Å²) < 4.78 is 8.46. The molecule has 39 heavy (non-hydrogen) atoms. The number of amides is 2. The highest BCUT2D eigenvalue weighted by molar-refractivity contribution is 5.78. The number of benzene rings is 2. The molecule has 0 N–H and O–H groups in total. The van der Waals surface area contributed by atoms with Crippen molar-refractivity contribution in [2.24, 2.45) is 5.41 Å². The van der Waals surface area contributed by atoms with Crippen LogP contribution in [0.5, 0.6) is 5.75 Å². The number of hydrogen-bond donors (Lipinski definition) is 0. The lowest BCUT2D eigenvalue weighted by Crippen LogP contribution is -2.49. The Morgan fingerprint density at radius 2 is 1.72 bits per heavy atom. The van der Waals surface area contributed by atoms with E-state index in [-0.39, 0.29) is 17.2 Å². The van der Waals surface area contributed by atoms with Crippen LogP contribution in [0.25, 0.3) is 11.0 Å². The first-order valence-corrected chi connectivity index (χ1v) is 14.7. The largest absolute Gasteiger partial charge is 0.491 e. The molecule has 2 aliphatic rings. The van der Waals surface area contributed by atoms with Gasteiger partial charge < -0.3 is 19.1 Å². The first-order chi connectivity index (χ1) is 19.0. The van der Waals surface area contributed by atoms with E-state index in [1.807, 2.05) is 40.1 Å². The van der Waals surface area contributed by atoms with Crippen LogP contribution in [0.3, 0.4) is 0 Å². The Morgan fingerprint density at radius 3 is 2.51 bits per heavy atom. The Labute approximate surface area is 232 Å². The van der Waals surface area contributed by atoms with Gasteiger partial charge in [0, 0.05) is 45.9 Å². The van der Waals surface area contributed by atoms with E-state index >= 15 is 0 Å². The van der Waals surface area contributed by atoms with Crippen LogP contribution < -0.4 is 4.74 Å². The van der Waals surface area contributed by atoms with Crippen molar-refractivity contribution >= 4 is 22.8 Å². The van der Waals surface area contributed by atoms with Crippen molar-refractivity contribution in [1.29, 1.82) is 0 Å². The molecule has 2 aliphatic heterocycles. The van der Waals surface area contributed by atoms with Gasteiger partial charge in [-0.05, 0) is 68.2 Å². The van der Waals surface area contributed by atoms with E-state index in [4.69, 9.17) is 9.72 Å². The number of nitrogens with zero attached hydrogens (tertiary/aromatic N) is 4. The lowest BCUT2D eigenvalue weighted by Gasteiger charge is -2.44. The Bertz CT molecular complexity index is 1290. The minimum atomic E-state index is 0.0386. The first kappa shape index (κ1) is 27.2. The van der Waals surface area contributed by atoms with Crippen LogP contribution in [0.4, 0.5) is 0 Å². The van der Waals surface area contributed by atoms with E-state index in [1.165, 1.54) is 5.56 Å². The third kappa shape index (κ3) is 6.29. The Morgan fingerprint density at radius 1 is 0.949 bits per heavy atom. The maximum absolute atomic E-state index is 13.8. The molecule has 1 fully saturated rings. The van der Waals surface area contributed by atoms with Gasteiger partial charge in [-0.3, -0.25) is 9.59 Å². The molecule has 0 unspecified atom stereocenters. The van der Waals surface area contributed by atoms with Gasteiger partial charge in [0.1, 0.15) is 18.2 Å². The predicted molar refractivity (Wildman–Crippen MR) is 154 cm³/mol. The number of piperidine rings is 1. The number of ether oxygens (including phenoxy) is 1. The molecule has 2 amide bonds. The molecule has 1 aromatic heterocycles. The number of para-hydroxylation sites is 3. The number of aryl methyl sites for hydroxylation is 3. The lowest BCUT2D eigenvalue weighted by molar-refractivity contribution is -0.136. The molecule has 0 saturated carbocycles. The van der Waals surface area contributed by atoms with Crippen LogP contribution in [0.1, 0.15) is 63.8 Å². The molecule has 3 aromatic rings. The summed E-state index contributed by atoms with van der Waals surface area (Å²) in [6, 6.07) is 16.5. The zero-order valence-electron chi connectivity index (χ0n) is 23.5. The first-order valence-electron chi connectivity index (χ1n) is 14.7. The van der Waals surface area contributed by atoms with E-state index < -0.39 is 0 Å². The fraction of sp³-hybridized carbons (Fsp3) is 0.531. The van der Waals surface area contributed by atoms with E-state index in [9.17, 15) is 9.59 Å². The highest BCUT2D eigenvalue weighted by Gasteiger charge is 2.37. The molecule has 0 radical (unpaired) electrons. The summed E-state index contributed by atoms with van der Waals surface area (Å²) in [5.41, 5.74) is 3.39. The summed E-state index contributed by atoms with van der Waals surface area (Å²) in [4.78, 5) is 34.7. The molecule has 0 atom stereocenters. The van der Waals surface area contributed by atoms with Crippen LogP contribution in [0.2, 0.25) is 0 Å². The van der Waals surface area contributed by atoms with Gasteiger partial charge in [0.2, 0.25) is 11.8 Å². The predicted octanol–water partition coefficient (Wildman–Crippen LogP) is 5.25. The second-order valence-electron chi connectivity index (χ2n) is 11.2. The molecule has 1 saturated heterocycles. The van der Waals surface area contributed by atoms with Gasteiger partial charge in [-0.15, -0.1) is 0 Å². The average Bonchev–Trinajstić information content (AvgIpc) is 3.31. The van der Waals surface area contributed by atoms with Crippen molar-refractivity contribution in [1.82, 2.24) is 19.4 Å². The second-order valence-corrected chi connectivity index (χ2v) is 11.2. The van der Waals surface area contributed by atoms with Gasteiger partial charge in [-0.1, -0.05) is 36.8 Å². The van der Waals surface area contributed by atoms with E-state index in [0.717, 1.165) is 87.3 Å². The highest BCUT2D eigenvalue weighted by Crippen LogP contribution is 2.38. The number of imidazole rings is 1. The van der Waals surface area contributed by atoms with Crippen LogP contribution in [0, 0.1) is 5.41 Å². The topological polar surface area (TPSA) is 67.7 Å². The number of likely N-dealkylation sites (tertiary alicyclic amines) is 1. The summed E-state index contributed by atoms with van der Waals surface area (Å²) >= 11 is 0. The minimum absolute atomic E-state index is 0.0386. The van der Waals surface area contributed by atoms with Gasteiger partial charge in [0.15, 0.2) is 0 Å². The fourth-order valence-electron chi connectivity index (χ4n) is 6.46. The Kier molecular flexibility index (Phi) is 8.53. The molecule has 5 rings (SSSR count). The normalized spacial score (nSPS) is 18.2. The van der Waals surface area contributed by atoms with Gasteiger partial charge >= 0.3 is 0 Å². The zero-order chi connectivity index (χ0) is 27.2. The zero-order valence-corrected chi connectivity index (χ0v) is 23.5. The molecule has 1 spiro atoms. The standard InChI is InChI=1S/C32H42N4O3/c1-3-36-28-13-6-5-12-27(28)33-30(36)15-16-31(38)35-22-23-39-29-14-7-4-10-26(29)11-8-9-17-32(24-35)18-20-34(21-19-32)25(2)37/h4-7,10,12-14H,3,8-9,11,15-24H2,1-2H3. The SMILES string of the molecule is CCn1c(CCC(=O)N2CCOc3ccccc3CCCCC3(CCN(C(C)=O)CC3)C2)nc2ccccc21. The van der Waals surface area contributed by atoms with E-state index in [0.29, 0.717) is 26.0 Å². The van der Waals surface area contributed by atoms with Crippen molar-refractivity contribution in [3.05, 3.63) is 59.9 Å². The quantitative estimate of drug-likeness (QED) is 0.462. The van der Waals surface area contributed by atoms with E-state index in [2.05, 4.69) is 29.7 Å². The van der Waals surface area contributed by atoms with Crippen LogP contribution in [-0.4, -0.2) is 64.0 Å². The number of rotatable bonds is 4. The minimum Gasteiger partial charge on any atom is -0.491 e. The molecule has 7 nitrogen and oxygen atoms in total. The van der Waals surface area contributed by atoms with Gasteiger partial charge in [0.25, 0.3) is 0 Å². The summed E-state index contributed by atoms with van der Waals surface area (Å²) in [7, 11) is 0. The number of hydrogen-bond acceptors (Lipinski definition) is 4. The maximum Gasteiger partial charge on any atom is 0.223 e. The van der Waals surface area contributed by atoms with Crippen LogP contribution in [0.15, 0.2) is 48.5 Å². The maximum atomic E-state index is 13.8. The molecular weight excluding hydrogens is 488 g/mol. The second kappa shape index (κ2) is 12.2.